The molecular formula is C40H78NO7+. The molecule has 3 unspecified atom stereocenters. The molecule has 1 aliphatic carbocycles. The molecule has 0 amide bonds. The summed E-state index contributed by atoms with van der Waals surface area (Å²) in [5, 5.41) is 8.86. The number of aliphatic carboxylic acids is 1. The summed E-state index contributed by atoms with van der Waals surface area (Å²) in [5.41, 5.74) is 0. The predicted octanol–water partition coefficient (Wildman–Crippen LogP) is 9.14. The third-order valence-corrected chi connectivity index (χ3v) is 9.81. The number of carboxylic acid groups (broad SMARTS) is 1. The number of hydrogen-bond acceptors (Lipinski definition) is 6. The Morgan fingerprint density at radius 1 is 0.688 bits per heavy atom. The van der Waals surface area contributed by atoms with Crippen LogP contribution in [0.2, 0.25) is 0 Å². The lowest BCUT2D eigenvalue weighted by Crippen LogP contribution is -2.61. The van der Waals surface area contributed by atoms with Gasteiger partial charge in [0, 0.05) is 6.61 Å². The first-order chi connectivity index (χ1) is 23.4. The van der Waals surface area contributed by atoms with E-state index >= 15 is 0 Å². The Hall–Kier alpha value is -1.03. The first kappa shape index (κ1) is 45.0. The molecule has 48 heavy (non-hydrogen) atoms. The Morgan fingerprint density at radius 3 is 1.90 bits per heavy atom. The molecule has 1 rings (SSSR count). The van der Waals surface area contributed by atoms with Crippen LogP contribution in [0.1, 0.15) is 150 Å². The van der Waals surface area contributed by atoms with Crippen molar-refractivity contribution in [1.29, 1.82) is 0 Å². The summed E-state index contributed by atoms with van der Waals surface area (Å²) in [6.07, 6.45) is 30.0. The number of carboxylic acids is 1. The maximum Gasteiger partial charge on any atom is 0.329 e. The van der Waals surface area contributed by atoms with Gasteiger partial charge in [0.05, 0.1) is 58.3 Å². The van der Waals surface area contributed by atoms with Crippen molar-refractivity contribution in [2.24, 2.45) is 0 Å². The van der Waals surface area contributed by atoms with E-state index in [1.165, 1.54) is 129 Å². The van der Waals surface area contributed by atoms with E-state index in [2.05, 4.69) is 32.9 Å². The van der Waals surface area contributed by atoms with E-state index < -0.39 is 5.97 Å². The molecule has 1 N–H and O–H groups in total. The molecule has 0 spiro atoms. The highest BCUT2D eigenvalue weighted by atomic mass is 16.6. The number of nitrogens with zero attached hydrogens (tertiary/aromatic N) is 1. The fourth-order valence-electron chi connectivity index (χ4n) is 7.14. The third kappa shape index (κ3) is 25.0. The Kier molecular flexibility index (Phi) is 29.9. The Morgan fingerprint density at radius 2 is 1.27 bits per heavy atom. The van der Waals surface area contributed by atoms with Gasteiger partial charge in [0.1, 0.15) is 25.8 Å². The van der Waals surface area contributed by atoms with Gasteiger partial charge in [0.15, 0.2) is 0 Å². The van der Waals surface area contributed by atoms with Gasteiger partial charge in [-0.15, -0.1) is 0 Å². The van der Waals surface area contributed by atoms with Crippen molar-refractivity contribution in [3.05, 3.63) is 12.2 Å². The van der Waals surface area contributed by atoms with Crippen molar-refractivity contribution < 1.29 is 38.1 Å². The summed E-state index contributed by atoms with van der Waals surface area (Å²) >= 11 is 0. The molecule has 8 heteroatoms. The molecule has 8 nitrogen and oxygen atoms in total. The van der Waals surface area contributed by atoms with Crippen LogP contribution in [0.4, 0.5) is 0 Å². The van der Waals surface area contributed by atoms with Crippen LogP contribution in [0.3, 0.4) is 0 Å². The Bertz CT molecular complexity index is 745. The van der Waals surface area contributed by atoms with Crippen LogP contribution in [-0.4, -0.2) is 106 Å². The molecule has 0 radical (unpaired) electrons. The third-order valence-electron chi connectivity index (χ3n) is 9.81. The number of unbranched alkanes of at least 4 members (excludes halogenated alkanes) is 12. The monoisotopic (exact) mass is 685 g/mol. The maximum atomic E-state index is 10.8. The average Bonchev–Trinajstić information content (AvgIpc) is 3.08. The highest BCUT2D eigenvalue weighted by Crippen LogP contribution is 2.30. The lowest BCUT2D eigenvalue weighted by molar-refractivity contribution is -0.955. The van der Waals surface area contributed by atoms with Gasteiger partial charge in [-0.25, -0.2) is 4.79 Å². The summed E-state index contributed by atoms with van der Waals surface area (Å²) < 4.78 is 30.0. The lowest BCUT2D eigenvalue weighted by Gasteiger charge is -2.48. The summed E-state index contributed by atoms with van der Waals surface area (Å²) in [6.45, 7) is 15.3. The second-order valence-corrected chi connectivity index (χ2v) is 14.2. The molecule has 0 aromatic heterocycles. The van der Waals surface area contributed by atoms with E-state index in [0.29, 0.717) is 45.7 Å². The van der Waals surface area contributed by atoms with Gasteiger partial charge in [-0.05, 0) is 85.0 Å². The van der Waals surface area contributed by atoms with E-state index in [0.717, 1.165) is 24.2 Å². The molecule has 0 aromatic carbocycles. The predicted molar refractivity (Wildman–Crippen MR) is 198 cm³/mol. The van der Waals surface area contributed by atoms with Crippen LogP contribution in [-0.2, 0) is 28.5 Å². The van der Waals surface area contributed by atoms with Crippen molar-refractivity contribution in [2.75, 3.05) is 72.5 Å². The zero-order valence-corrected chi connectivity index (χ0v) is 31.9. The number of ether oxygens (including phenoxy) is 5. The largest absolute Gasteiger partial charge is 0.480 e. The van der Waals surface area contributed by atoms with Gasteiger partial charge in [0.25, 0.3) is 0 Å². The summed E-state index contributed by atoms with van der Waals surface area (Å²) in [5.74, 6) is -0.944. The SMILES string of the molecule is CCCCCCCC/C=C/CCCCCCCC[N+](CCOCC(C)OCCOCC)(CC(C)OCCOCC(=O)O)C1CCCCC1. The topological polar surface area (TPSA) is 83.5 Å². The van der Waals surface area contributed by atoms with Crippen LogP contribution in [0.25, 0.3) is 0 Å². The van der Waals surface area contributed by atoms with Gasteiger partial charge >= 0.3 is 5.97 Å². The first-order valence-corrected chi connectivity index (χ1v) is 20.1. The molecule has 0 aromatic rings. The maximum absolute atomic E-state index is 10.8. The minimum Gasteiger partial charge on any atom is -0.480 e. The van der Waals surface area contributed by atoms with Gasteiger partial charge in [0.2, 0.25) is 0 Å². The van der Waals surface area contributed by atoms with Gasteiger partial charge in [-0.3, -0.25) is 0 Å². The molecule has 0 bridgehead atoms. The van der Waals surface area contributed by atoms with E-state index in [-0.39, 0.29) is 18.8 Å². The van der Waals surface area contributed by atoms with Crippen LogP contribution in [0.5, 0.6) is 0 Å². The fraction of sp³-hybridized carbons (Fsp3) is 0.925. The summed E-state index contributed by atoms with van der Waals surface area (Å²) in [6, 6.07) is 0.639. The van der Waals surface area contributed by atoms with Crippen molar-refractivity contribution in [2.45, 2.75) is 168 Å². The number of hydrogen-bond donors (Lipinski definition) is 1. The van der Waals surface area contributed by atoms with Crippen LogP contribution >= 0.6 is 0 Å². The number of quaternary nitrogens is 1. The number of allylic oxidation sites excluding steroid dienone is 2. The molecule has 3 atom stereocenters. The zero-order valence-electron chi connectivity index (χ0n) is 31.9. The van der Waals surface area contributed by atoms with E-state index in [1.807, 2.05) is 6.92 Å². The standard InChI is InChI=1S/C40H77NO7/c1-5-7-8-9-10-11-12-13-14-15-16-17-18-19-20-24-27-41(39-25-22-21-23-26-39,34-37(3)47-33-31-46-36-40(42)43)28-29-45-35-38(4)48-32-30-44-6-2/h13-14,37-39H,5-12,15-36H2,1-4H3/p+1/b14-13+. The van der Waals surface area contributed by atoms with Crippen molar-refractivity contribution in [1.82, 2.24) is 0 Å². The Balaban J connectivity index is 2.58. The second-order valence-electron chi connectivity index (χ2n) is 14.2. The zero-order chi connectivity index (χ0) is 35.0. The molecule has 0 heterocycles. The highest BCUT2D eigenvalue weighted by Gasteiger charge is 2.38. The first-order valence-electron chi connectivity index (χ1n) is 20.1. The molecule has 1 aliphatic rings. The summed E-state index contributed by atoms with van der Waals surface area (Å²) in [7, 11) is 0. The smallest absolute Gasteiger partial charge is 0.329 e. The number of rotatable bonds is 35. The van der Waals surface area contributed by atoms with E-state index in [9.17, 15) is 4.79 Å². The van der Waals surface area contributed by atoms with E-state index in [4.69, 9.17) is 28.8 Å². The Labute approximate surface area is 296 Å². The molecular weight excluding hydrogens is 606 g/mol. The average molecular weight is 685 g/mol. The van der Waals surface area contributed by atoms with E-state index in [1.54, 1.807) is 0 Å². The van der Waals surface area contributed by atoms with Crippen molar-refractivity contribution >= 4 is 5.97 Å². The van der Waals surface area contributed by atoms with Crippen LogP contribution in [0.15, 0.2) is 12.2 Å². The molecule has 284 valence electrons. The van der Waals surface area contributed by atoms with Gasteiger partial charge in [-0.2, -0.15) is 0 Å². The molecule has 0 aliphatic heterocycles. The van der Waals surface area contributed by atoms with Gasteiger partial charge < -0.3 is 33.3 Å². The van der Waals surface area contributed by atoms with Crippen molar-refractivity contribution in [3.8, 4) is 0 Å². The molecule has 1 fully saturated rings. The van der Waals surface area contributed by atoms with Crippen LogP contribution in [0, 0.1) is 0 Å². The minimum atomic E-state index is -0.944. The second kappa shape index (κ2) is 31.9. The number of carbonyl (C=O) groups is 1. The highest BCUT2D eigenvalue weighted by molar-refractivity contribution is 5.67. The fourth-order valence-corrected chi connectivity index (χ4v) is 7.14. The molecule has 1 saturated carbocycles. The quantitative estimate of drug-likeness (QED) is 0.0405. The summed E-state index contributed by atoms with van der Waals surface area (Å²) in [4.78, 5) is 10.8. The normalized spacial score (nSPS) is 16.8. The van der Waals surface area contributed by atoms with Crippen LogP contribution < -0.4 is 0 Å². The minimum absolute atomic E-state index is 0.0471. The van der Waals surface area contributed by atoms with Gasteiger partial charge in [-0.1, -0.05) is 76.9 Å². The molecule has 0 saturated heterocycles. The van der Waals surface area contributed by atoms with Crippen molar-refractivity contribution in [3.63, 3.8) is 0 Å². The lowest BCUT2D eigenvalue weighted by atomic mass is 9.91.